The van der Waals surface area contributed by atoms with Gasteiger partial charge in [0.1, 0.15) is 11.6 Å². The minimum absolute atomic E-state index is 0.193. The summed E-state index contributed by atoms with van der Waals surface area (Å²) in [7, 11) is 0. The number of anilines is 1. The van der Waals surface area contributed by atoms with Gasteiger partial charge in [0.25, 0.3) is 0 Å². The molecule has 1 aromatic carbocycles. The van der Waals surface area contributed by atoms with Crippen molar-refractivity contribution in [3.8, 4) is 0 Å². The summed E-state index contributed by atoms with van der Waals surface area (Å²) in [5.74, 6) is 0.108. The van der Waals surface area contributed by atoms with E-state index in [4.69, 9.17) is 4.42 Å². The molecular formula is C17H15FN2O2. The first-order valence-corrected chi connectivity index (χ1v) is 6.93. The number of amides is 1. The second kappa shape index (κ2) is 6.30. The van der Waals surface area contributed by atoms with Crippen LogP contribution in [0.4, 0.5) is 10.1 Å². The predicted molar refractivity (Wildman–Crippen MR) is 80.9 cm³/mol. The van der Waals surface area contributed by atoms with E-state index in [9.17, 15) is 9.18 Å². The molecule has 0 fully saturated rings. The van der Waals surface area contributed by atoms with Crippen molar-refractivity contribution in [3.63, 3.8) is 0 Å². The molecule has 2 aromatic heterocycles. The maximum Gasteiger partial charge on any atom is 0.226 e. The molecule has 0 aliphatic rings. The van der Waals surface area contributed by atoms with Crippen molar-refractivity contribution < 1.29 is 13.6 Å². The summed E-state index contributed by atoms with van der Waals surface area (Å²) in [6.07, 6.45) is 5.53. The molecule has 0 aliphatic heterocycles. The maximum absolute atomic E-state index is 13.2. The van der Waals surface area contributed by atoms with Crippen LogP contribution in [0.25, 0.3) is 0 Å². The molecule has 1 amide bonds. The summed E-state index contributed by atoms with van der Waals surface area (Å²) in [4.78, 5) is 12.2. The smallest absolute Gasteiger partial charge is 0.226 e. The molecule has 22 heavy (non-hydrogen) atoms. The average molecular weight is 298 g/mol. The van der Waals surface area contributed by atoms with Crippen LogP contribution in [0.2, 0.25) is 0 Å². The molecule has 3 aromatic rings. The zero-order chi connectivity index (χ0) is 15.4. The molecule has 112 valence electrons. The first-order valence-electron chi connectivity index (χ1n) is 6.93. The van der Waals surface area contributed by atoms with Gasteiger partial charge in [-0.05, 0) is 42.5 Å². The number of hydrogen-bond acceptors (Lipinski definition) is 2. The van der Waals surface area contributed by atoms with Gasteiger partial charge in [0.15, 0.2) is 0 Å². The quantitative estimate of drug-likeness (QED) is 0.778. The van der Waals surface area contributed by atoms with Crippen molar-refractivity contribution in [1.29, 1.82) is 0 Å². The van der Waals surface area contributed by atoms with E-state index in [1.54, 1.807) is 24.5 Å². The fourth-order valence-corrected chi connectivity index (χ4v) is 2.34. The topological polar surface area (TPSA) is 47.2 Å². The highest BCUT2D eigenvalue weighted by Gasteiger charge is 2.19. The molecular weight excluding hydrogens is 283 g/mol. The van der Waals surface area contributed by atoms with Gasteiger partial charge < -0.3 is 14.3 Å². The summed E-state index contributed by atoms with van der Waals surface area (Å²) in [5.41, 5.74) is 0.440. The Morgan fingerprint density at radius 1 is 1.18 bits per heavy atom. The molecule has 0 saturated carbocycles. The summed E-state index contributed by atoms with van der Waals surface area (Å²) in [6.45, 7) is 0. The molecule has 5 heteroatoms. The van der Waals surface area contributed by atoms with E-state index in [1.807, 2.05) is 35.2 Å². The molecule has 0 radical (unpaired) electrons. The van der Waals surface area contributed by atoms with Gasteiger partial charge in [0, 0.05) is 18.1 Å². The van der Waals surface area contributed by atoms with Crippen molar-refractivity contribution in [2.24, 2.45) is 0 Å². The van der Waals surface area contributed by atoms with Crippen molar-refractivity contribution in [3.05, 3.63) is 78.8 Å². The van der Waals surface area contributed by atoms with Crippen LogP contribution < -0.4 is 5.32 Å². The molecule has 2 heterocycles. The molecule has 1 N–H and O–H groups in total. The Morgan fingerprint density at radius 3 is 2.68 bits per heavy atom. The van der Waals surface area contributed by atoms with Gasteiger partial charge in [0.2, 0.25) is 5.91 Å². The highest BCUT2D eigenvalue weighted by molar-refractivity contribution is 5.91. The van der Waals surface area contributed by atoms with Crippen LogP contribution in [-0.2, 0) is 4.79 Å². The van der Waals surface area contributed by atoms with Crippen LogP contribution in [0.5, 0.6) is 0 Å². The molecule has 1 unspecified atom stereocenters. The second-order valence-corrected chi connectivity index (χ2v) is 4.92. The van der Waals surface area contributed by atoms with E-state index in [0.717, 1.165) is 0 Å². The Balaban J connectivity index is 1.75. The van der Waals surface area contributed by atoms with Crippen molar-refractivity contribution in [2.75, 3.05) is 5.32 Å². The summed E-state index contributed by atoms with van der Waals surface area (Å²) in [5, 5.41) is 2.70. The fraction of sp³-hybridized carbons (Fsp3) is 0.118. The molecule has 0 spiro atoms. The van der Waals surface area contributed by atoms with Crippen molar-refractivity contribution in [2.45, 2.75) is 12.5 Å². The summed E-state index contributed by atoms with van der Waals surface area (Å²) in [6, 6.07) is 13.0. The number of carbonyl (C=O) groups is 1. The van der Waals surface area contributed by atoms with Gasteiger partial charge in [-0.2, -0.15) is 0 Å². The van der Waals surface area contributed by atoms with Crippen LogP contribution in [-0.4, -0.2) is 10.5 Å². The summed E-state index contributed by atoms with van der Waals surface area (Å²) < 4.78 is 20.5. The van der Waals surface area contributed by atoms with Gasteiger partial charge in [0.05, 0.1) is 18.7 Å². The molecule has 3 rings (SSSR count). The monoisotopic (exact) mass is 298 g/mol. The maximum atomic E-state index is 13.2. The van der Waals surface area contributed by atoms with Gasteiger partial charge in [-0.25, -0.2) is 4.39 Å². The number of carbonyl (C=O) groups excluding carboxylic acids is 1. The van der Waals surface area contributed by atoms with E-state index < -0.39 is 0 Å². The number of halogens is 1. The molecule has 0 saturated heterocycles. The zero-order valence-electron chi connectivity index (χ0n) is 11.8. The van der Waals surface area contributed by atoms with E-state index in [1.165, 1.54) is 12.1 Å². The number of hydrogen-bond donors (Lipinski definition) is 1. The van der Waals surface area contributed by atoms with Crippen LogP contribution in [0.15, 0.2) is 71.6 Å². The largest absolute Gasteiger partial charge is 0.467 e. The zero-order valence-corrected chi connectivity index (χ0v) is 11.8. The van der Waals surface area contributed by atoms with Crippen molar-refractivity contribution >= 4 is 11.6 Å². The number of furan rings is 1. The van der Waals surface area contributed by atoms with E-state index in [0.29, 0.717) is 11.4 Å². The number of aromatic nitrogens is 1. The SMILES string of the molecule is O=C(CC(c1ccco1)n1cccc1)Nc1cccc(F)c1. The minimum Gasteiger partial charge on any atom is -0.467 e. The van der Waals surface area contributed by atoms with Crippen LogP contribution in [0.3, 0.4) is 0 Å². The Hall–Kier alpha value is -2.82. The highest BCUT2D eigenvalue weighted by atomic mass is 19.1. The van der Waals surface area contributed by atoms with Gasteiger partial charge in [-0.1, -0.05) is 6.07 Å². The number of rotatable bonds is 5. The van der Waals surface area contributed by atoms with Crippen molar-refractivity contribution in [1.82, 2.24) is 4.57 Å². The minimum atomic E-state index is -0.384. The molecule has 1 atom stereocenters. The van der Waals surface area contributed by atoms with Crippen LogP contribution in [0.1, 0.15) is 18.2 Å². The lowest BCUT2D eigenvalue weighted by Gasteiger charge is -2.16. The van der Waals surface area contributed by atoms with E-state index in [-0.39, 0.29) is 24.2 Å². The molecule has 4 nitrogen and oxygen atoms in total. The first-order chi connectivity index (χ1) is 10.7. The molecule has 0 aliphatic carbocycles. The Kier molecular flexibility index (Phi) is 4.05. The Labute approximate surface area is 127 Å². The van der Waals surface area contributed by atoms with Crippen LogP contribution in [0, 0.1) is 5.82 Å². The normalized spacial score (nSPS) is 12.0. The van der Waals surface area contributed by atoms with Gasteiger partial charge in [-0.3, -0.25) is 4.79 Å². The highest BCUT2D eigenvalue weighted by Crippen LogP contribution is 2.23. The number of benzene rings is 1. The fourth-order valence-electron chi connectivity index (χ4n) is 2.34. The molecule has 0 bridgehead atoms. The number of nitrogens with zero attached hydrogens (tertiary/aromatic N) is 1. The third-order valence-corrected chi connectivity index (χ3v) is 3.35. The van der Waals surface area contributed by atoms with E-state index >= 15 is 0 Å². The Morgan fingerprint density at radius 2 is 2.00 bits per heavy atom. The standard InChI is InChI=1S/C17H15FN2O2/c18-13-5-3-6-14(11-13)19-17(21)12-15(16-7-4-10-22-16)20-8-1-2-9-20/h1-11,15H,12H2,(H,19,21). The van der Waals surface area contributed by atoms with Gasteiger partial charge in [-0.15, -0.1) is 0 Å². The van der Waals surface area contributed by atoms with E-state index in [2.05, 4.69) is 5.32 Å². The predicted octanol–water partition coefficient (Wildman–Crippen LogP) is 3.84. The number of nitrogens with one attached hydrogen (secondary N) is 1. The lowest BCUT2D eigenvalue weighted by Crippen LogP contribution is -2.19. The second-order valence-electron chi connectivity index (χ2n) is 4.92. The van der Waals surface area contributed by atoms with Crippen LogP contribution >= 0.6 is 0 Å². The average Bonchev–Trinajstić information content (AvgIpc) is 3.18. The lowest BCUT2D eigenvalue weighted by molar-refractivity contribution is -0.116. The first kappa shape index (κ1) is 14.1. The lowest BCUT2D eigenvalue weighted by atomic mass is 10.1. The van der Waals surface area contributed by atoms with Gasteiger partial charge >= 0.3 is 0 Å². The summed E-state index contributed by atoms with van der Waals surface area (Å²) >= 11 is 0. The Bertz CT molecular complexity index is 702. The third-order valence-electron chi connectivity index (χ3n) is 3.35. The third kappa shape index (κ3) is 3.25.